The van der Waals surface area contributed by atoms with Gasteiger partial charge in [0.15, 0.2) is 0 Å². The molecule has 3 N–H and O–H groups in total. The number of amides is 1. The molecule has 5 nitrogen and oxygen atoms in total. The van der Waals surface area contributed by atoms with Crippen LogP contribution in [0.25, 0.3) is 0 Å². The molecule has 0 bridgehead atoms. The maximum Gasteiger partial charge on any atom is 0.219 e. The molecular weight excluding hydrogens is 228 g/mol. The molecule has 0 aliphatic rings. The van der Waals surface area contributed by atoms with Gasteiger partial charge in [-0.3, -0.25) is 9.48 Å². The minimum Gasteiger partial charge on any atom is -0.356 e. The van der Waals surface area contributed by atoms with Crippen molar-refractivity contribution < 1.29 is 4.79 Å². The van der Waals surface area contributed by atoms with Gasteiger partial charge < -0.3 is 11.1 Å². The Morgan fingerprint density at radius 1 is 1.22 bits per heavy atom. The van der Waals surface area contributed by atoms with Gasteiger partial charge in [-0.25, -0.2) is 0 Å². The topological polar surface area (TPSA) is 72.9 Å². The van der Waals surface area contributed by atoms with Gasteiger partial charge in [-0.15, -0.1) is 0 Å². The van der Waals surface area contributed by atoms with E-state index in [1.165, 1.54) is 0 Å². The number of nitrogens with one attached hydrogen (secondary N) is 1. The van der Waals surface area contributed by atoms with Crippen molar-refractivity contribution in [1.29, 1.82) is 0 Å². The average Bonchev–Trinajstić information content (AvgIpc) is 2.87. The third kappa shape index (κ3) is 7.06. The molecule has 0 unspecified atom stereocenters. The van der Waals surface area contributed by atoms with Crippen LogP contribution in [0.1, 0.15) is 38.5 Å². The van der Waals surface area contributed by atoms with Gasteiger partial charge in [-0.1, -0.05) is 12.8 Å². The fourth-order valence-electron chi connectivity index (χ4n) is 1.77. The van der Waals surface area contributed by atoms with Crippen molar-refractivity contribution in [1.82, 2.24) is 15.1 Å². The van der Waals surface area contributed by atoms with Gasteiger partial charge in [0.05, 0.1) is 0 Å². The summed E-state index contributed by atoms with van der Waals surface area (Å²) in [5.41, 5.74) is 5.41. The smallest absolute Gasteiger partial charge is 0.219 e. The summed E-state index contributed by atoms with van der Waals surface area (Å²) >= 11 is 0. The monoisotopic (exact) mass is 252 g/mol. The van der Waals surface area contributed by atoms with Crippen LogP contribution in [0.15, 0.2) is 18.5 Å². The Kier molecular flexibility index (Phi) is 7.88. The predicted octanol–water partition coefficient (Wildman–Crippen LogP) is 1.30. The number of aryl methyl sites for hydroxylation is 1. The van der Waals surface area contributed by atoms with Crippen molar-refractivity contribution in [2.45, 2.75) is 45.1 Å². The van der Waals surface area contributed by atoms with Crippen molar-refractivity contribution in [3.8, 4) is 0 Å². The molecule has 0 aromatic carbocycles. The van der Waals surface area contributed by atoms with Crippen molar-refractivity contribution in [2.75, 3.05) is 13.1 Å². The molecule has 0 fully saturated rings. The highest BCUT2D eigenvalue weighted by molar-refractivity contribution is 5.75. The zero-order valence-corrected chi connectivity index (χ0v) is 11.0. The molecule has 0 saturated carbocycles. The number of unbranched alkanes of at least 4 members (excludes halogenated alkanes) is 3. The van der Waals surface area contributed by atoms with Gasteiger partial charge in [0.2, 0.25) is 5.91 Å². The van der Waals surface area contributed by atoms with E-state index in [-0.39, 0.29) is 5.91 Å². The van der Waals surface area contributed by atoms with Crippen LogP contribution in [0.3, 0.4) is 0 Å². The molecule has 0 atom stereocenters. The van der Waals surface area contributed by atoms with Crippen LogP contribution < -0.4 is 11.1 Å². The number of carbonyl (C=O) groups is 1. The molecule has 0 aliphatic heterocycles. The van der Waals surface area contributed by atoms with E-state index >= 15 is 0 Å². The highest BCUT2D eigenvalue weighted by Gasteiger charge is 2.00. The number of nitrogens with zero attached hydrogens (tertiary/aromatic N) is 2. The molecule has 1 aromatic rings. The molecule has 1 rings (SSSR count). The number of carbonyl (C=O) groups excluding carboxylic acids is 1. The minimum atomic E-state index is 0.156. The SMILES string of the molecule is NCCCCCCC(=O)NCCCn1cccn1. The largest absolute Gasteiger partial charge is 0.356 e. The highest BCUT2D eigenvalue weighted by atomic mass is 16.1. The lowest BCUT2D eigenvalue weighted by molar-refractivity contribution is -0.121. The van der Waals surface area contributed by atoms with Crippen LogP contribution in [0, 0.1) is 0 Å². The second-order valence-corrected chi connectivity index (χ2v) is 4.43. The van der Waals surface area contributed by atoms with Crippen LogP contribution in [-0.2, 0) is 11.3 Å². The van der Waals surface area contributed by atoms with Crippen LogP contribution in [0.5, 0.6) is 0 Å². The van der Waals surface area contributed by atoms with E-state index in [1.807, 2.05) is 16.9 Å². The molecule has 102 valence electrons. The van der Waals surface area contributed by atoms with Crippen LogP contribution in [-0.4, -0.2) is 28.8 Å². The lowest BCUT2D eigenvalue weighted by Crippen LogP contribution is -2.24. The van der Waals surface area contributed by atoms with Crippen molar-refractivity contribution in [3.05, 3.63) is 18.5 Å². The van der Waals surface area contributed by atoms with Crippen molar-refractivity contribution >= 4 is 5.91 Å². The van der Waals surface area contributed by atoms with Crippen LogP contribution in [0.4, 0.5) is 0 Å². The third-order valence-electron chi connectivity index (χ3n) is 2.80. The third-order valence-corrected chi connectivity index (χ3v) is 2.80. The number of rotatable bonds is 10. The van der Waals surface area contributed by atoms with E-state index in [0.29, 0.717) is 6.42 Å². The second kappa shape index (κ2) is 9.65. The lowest BCUT2D eigenvalue weighted by Gasteiger charge is -2.05. The lowest BCUT2D eigenvalue weighted by atomic mass is 10.1. The molecule has 0 radical (unpaired) electrons. The molecule has 5 heteroatoms. The Labute approximate surface area is 109 Å². The molecule has 0 spiro atoms. The van der Waals surface area contributed by atoms with Gasteiger partial charge in [-0.2, -0.15) is 5.10 Å². The van der Waals surface area contributed by atoms with Crippen molar-refractivity contribution in [3.63, 3.8) is 0 Å². The Morgan fingerprint density at radius 3 is 2.78 bits per heavy atom. The van der Waals surface area contributed by atoms with E-state index in [2.05, 4.69) is 10.4 Å². The van der Waals surface area contributed by atoms with E-state index < -0.39 is 0 Å². The van der Waals surface area contributed by atoms with Crippen molar-refractivity contribution in [2.24, 2.45) is 5.73 Å². The summed E-state index contributed by atoms with van der Waals surface area (Å²) in [5.74, 6) is 0.156. The minimum absolute atomic E-state index is 0.156. The van der Waals surface area contributed by atoms with Crippen LogP contribution >= 0.6 is 0 Å². The maximum atomic E-state index is 11.5. The van der Waals surface area contributed by atoms with Gasteiger partial charge >= 0.3 is 0 Å². The van der Waals surface area contributed by atoms with E-state index in [1.54, 1.807) is 6.20 Å². The fraction of sp³-hybridized carbons (Fsp3) is 0.692. The summed E-state index contributed by atoms with van der Waals surface area (Å²) in [6.45, 7) is 2.32. The average molecular weight is 252 g/mol. The second-order valence-electron chi connectivity index (χ2n) is 4.43. The summed E-state index contributed by atoms with van der Waals surface area (Å²) in [4.78, 5) is 11.5. The van der Waals surface area contributed by atoms with Gasteiger partial charge in [-0.05, 0) is 31.9 Å². The molecule has 1 amide bonds. The Morgan fingerprint density at radius 2 is 2.06 bits per heavy atom. The highest BCUT2D eigenvalue weighted by Crippen LogP contribution is 2.01. The molecular formula is C13H24N4O. The number of hydrogen-bond acceptors (Lipinski definition) is 3. The molecule has 1 heterocycles. The van der Waals surface area contributed by atoms with E-state index in [0.717, 1.165) is 51.7 Å². The Bertz CT molecular complexity index is 311. The first-order chi connectivity index (χ1) is 8.83. The summed E-state index contributed by atoms with van der Waals surface area (Å²) in [6.07, 6.45) is 9.49. The predicted molar refractivity (Wildman–Crippen MR) is 72.0 cm³/mol. The first kappa shape index (κ1) is 14.7. The summed E-state index contributed by atoms with van der Waals surface area (Å²) in [5, 5.41) is 7.04. The first-order valence-corrected chi connectivity index (χ1v) is 6.77. The Hall–Kier alpha value is -1.36. The Balaban J connectivity index is 1.90. The number of aromatic nitrogens is 2. The van der Waals surface area contributed by atoms with Gasteiger partial charge in [0.25, 0.3) is 0 Å². The van der Waals surface area contributed by atoms with Crippen LogP contribution in [0.2, 0.25) is 0 Å². The zero-order chi connectivity index (χ0) is 13.1. The van der Waals surface area contributed by atoms with E-state index in [4.69, 9.17) is 5.73 Å². The number of nitrogens with two attached hydrogens (primary N) is 1. The standard InChI is InChI=1S/C13H24N4O/c14-8-4-2-1-3-7-13(18)15-9-5-11-17-12-6-10-16-17/h6,10,12H,1-5,7-9,11,14H2,(H,15,18). The molecule has 0 aliphatic carbocycles. The normalized spacial score (nSPS) is 10.5. The zero-order valence-electron chi connectivity index (χ0n) is 11.0. The maximum absolute atomic E-state index is 11.5. The first-order valence-electron chi connectivity index (χ1n) is 6.77. The van der Waals surface area contributed by atoms with E-state index in [9.17, 15) is 4.79 Å². The van der Waals surface area contributed by atoms with Gasteiger partial charge in [0, 0.05) is 31.9 Å². The summed E-state index contributed by atoms with van der Waals surface area (Å²) in [7, 11) is 0. The molecule has 0 saturated heterocycles. The summed E-state index contributed by atoms with van der Waals surface area (Å²) in [6, 6.07) is 1.90. The summed E-state index contributed by atoms with van der Waals surface area (Å²) < 4.78 is 1.87. The quantitative estimate of drug-likeness (QED) is 0.616. The van der Waals surface area contributed by atoms with Gasteiger partial charge in [0.1, 0.15) is 0 Å². The fourth-order valence-corrected chi connectivity index (χ4v) is 1.77. The molecule has 18 heavy (non-hydrogen) atoms. The molecule has 1 aromatic heterocycles. The number of hydrogen-bond donors (Lipinski definition) is 2.